The second-order valence-corrected chi connectivity index (χ2v) is 8.17. The fourth-order valence-corrected chi connectivity index (χ4v) is 4.44. The van der Waals surface area contributed by atoms with Gasteiger partial charge in [-0.1, -0.05) is 0 Å². The smallest absolute Gasteiger partial charge is 0.327 e. The van der Waals surface area contributed by atoms with E-state index in [1.807, 2.05) is 30.8 Å². The maximum absolute atomic E-state index is 13.3. The minimum Gasteiger partial charge on any atom is -0.383 e. The SMILES string of the molecule is COCCN1C(=O)N(C(C)C)C(=O)C12CCN(C(C)CCn1cccn1)CC2. The maximum atomic E-state index is 13.3. The van der Waals surface area contributed by atoms with Crippen molar-refractivity contribution >= 4 is 11.9 Å². The first-order valence-electron chi connectivity index (χ1n) is 10.3. The molecule has 8 heteroatoms. The van der Waals surface area contributed by atoms with Gasteiger partial charge in [0, 0.05) is 57.8 Å². The Morgan fingerprint density at radius 1 is 1.18 bits per heavy atom. The highest BCUT2D eigenvalue weighted by atomic mass is 16.5. The van der Waals surface area contributed by atoms with Crippen molar-refractivity contribution in [2.24, 2.45) is 0 Å². The van der Waals surface area contributed by atoms with Crippen LogP contribution >= 0.6 is 0 Å². The van der Waals surface area contributed by atoms with Gasteiger partial charge in [0.1, 0.15) is 5.54 Å². The van der Waals surface area contributed by atoms with Crippen LogP contribution in [0.4, 0.5) is 4.79 Å². The molecular weight excluding hydrogens is 358 g/mol. The maximum Gasteiger partial charge on any atom is 0.327 e. The number of aromatic nitrogens is 2. The van der Waals surface area contributed by atoms with Crippen LogP contribution in [0.25, 0.3) is 0 Å². The zero-order valence-electron chi connectivity index (χ0n) is 17.5. The zero-order valence-corrected chi connectivity index (χ0v) is 17.5. The predicted octanol–water partition coefficient (Wildman–Crippen LogP) is 1.82. The molecule has 2 fully saturated rings. The van der Waals surface area contributed by atoms with Gasteiger partial charge in [-0.3, -0.25) is 14.4 Å². The number of imide groups is 1. The van der Waals surface area contributed by atoms with Crippen LogP contribution in [0, 0.1) is 0 Å². The zero-order chi connectivity index (χ0) is 20.3. The van der Waals surface area contributed by atoms with Crippen molar-refractivity contribution in [2.75, 3.05) is 33.4 Å². The van der Waals surface area contributed by atoms with E-state index < -0.39 is 5.54 Å². The van der Waals surface area contributed by atoms with Crippen LogP contribution in [-0.2, 0) is 16.1 Å². The number of carbonyl (C=O) groups is 2. The third kappa shape index (κ3) is 3.80. The van der Waals surface area contributed by atoms with Gasteiger partial charge in [0.15, 0.2) is 0 Å². The molecule has 0 saturated carbocycles. The van der Waals surface area contributed by atoms with Crippen molar-refractivity contribution in [2.45, 2.75) is 64.2 Å². The minimum atomic E-state index is -0.710. The molecule has 2 saturated heterocycles. The fraction of sp³-hybridized carbons (Fsp3) is 0.750. The van der Waals surface area contributed by atoms with Gasteiger partial charge in [0.25, 0.3) is 5.91 Å². The summed E-state index contributed by atoms with van der Waals surface area (Å²) in [5.74, 6) is -0.0348. The van der Waals surface area contributed by atoms with E-state index in [4.69, 9.17) is 4.74 Å². The predicted molar refractivity (Wildman–Crippen MR) is 106 cm³/mol. The van der Waals surface area contributed by atoms with Gasteiger partial charge in [-0.2, -0.15) is 5.10 Å². The number of likely N-dealkylation sites (tertiary alicyclic amines) is 1. The van der Waals surface area contributed by atoms with Gasteiger partial charge in [0.2, 0.25) is 0 Å². The first-order chi connectivity index (χ1) is 13.4. The first kappa shape index (κ1) is 20.8. The Morgan fingerprint density at radius 3 is 2.46 bits per heavy atom. The third-order valence-electron chi connectivity index (χ3n) is 6.19. The Bertz CT molecular complexity index is 667. The summed E-state index contributed by atoms with van der Waals surface area (Å²) >= 11 is 0. The molecule has 8 nitrogen and oxygen atoms in total. The summed E-state index contributed by atoms with van der Waals surface area (Å²) < 4.78 is 7.15. The van der Waals surface area contributed by atoms with Gasteiger partial charge < -0.3 is 14.5 Å². The van der Waals surface area contributed by atoms with Crippen molar-refractivity contribution in [3.63, 3.8) is 0 Å². The molecule has 0 aromatic carbocycles. The first-order valence-corrected chi connectivity index (χ1v) is 10.3. The van der Waals surface area contributed by atoms with Crippen molar-refractivity contribution in [3.05, 3.63) is 18.5 Å². The number of hydrogen-bond acceptors (Lipinski definition) is 5. The summed E-state index contributed by atoms with van der Waals surface area (Å²) in [6, 6.07) is 2.04. The highest BCUT2D eigenvalue weighted by Crippen LogP contribution is 2.38. The van der Waals surface area contributed by atoms with Gasteiger partial charge in [-0.15, -0.1) is 0 Å². The Labute approximate surface area is 167 Å². The van der Waals surface area contributed by atoms with Crippen molar-refractivity contribution in [1.82, 2.24) is 24.5 Å². The van der Waals surface area contributed by atoms with Crippen molar-refractivity contribution < 1.29 is 14.3 Å². The van der Waals surface area contributed by atoms with Crippen molar-refractivity contribution in [1.29, 1.82) is 0 Å². The Balaban J connectivity index is 1.66. The van der Waals surface area contributed by atoms with E-state index in [0.29, 0.717) is 32.0 Å². The topological polar surface area (TPSA) is 70.9 Å². The average molecular weight is 392 g/mol. The molecule has 1 atom stereocenters. The Kier molecular flexibility index (Phi) is 6.40. The number of carbonyl (C=O) groups excluding carboxylic acids is 2. The van der Waals surface area contributed by atoms with Crippen molar-refractivity contribution in [3.8, 4) is 0 Å². The van der Waals surface area contributed by atoms with Crippen LogP contribution in [0.5, 0.6) is 0 Å². The number of nitrogens with zero attached hydrogens (tertiary/aromatic N) is 5. The molecule has 1 spiro atoms. The summed E-state index contributed by atoms with van der Waals surface area (Å²) in [6.45, 7) is 9.44. The number of rotatable bonds is 8. The van der Waals surface area contributed by atoms with Gasteiger partial charge in [-0.25, -0.2) is 4.79 Å². The molecule has 2 aliphatic heterocycles. The van der Waals surface area contributed by atoms with Crippen LogP contribution in [0.15, 0.2) is 18.5 Å². The van der Waals surface area contributed by atoms with Crippen LogP contribution in [-0.4, -0.2) is 87.4 Å². The molecule has 1 aromatic rings. The molecule has 1 unspecified atom stereocenters. The summed E-state index contributed by atoms with van der Waals surface area (Å²) in [5.41, 5.74) is -0.710. The molecule has 28 heavy (non-hydrogen) atoms. The monoisotopic (exact) mass is 391 g/mol. The van der Waals surface area contributed by atoms with Gasteiger partial charge in [-0.05, 0) is 46.1 Å². The fourth-order valence-electron chi connectivity index (χ4n) is 4.44. The Hall–Kier alpha value is -1.93. The molecule has 1 aromatic heterocycles. The van der Waals surface area contributed by atoms with E-state index in [2.05, 4.69) is 16.9 Å². The molecule has 156 valence electrons. The molecule has 0 aliphatic carbocycles. The lowest BCUT2D eigenvalue weighted by Gasteiger charge is -2.44. The highest BCUT2D eigenvalue weighted by Gasteiger charge is 2.58. The molecule has 0 N–H and O–H groups in total. The number of piperidine rings is 1. The number of ether oxygens (including phenoxy) is 1. The average Bonchev–Trinajstić information content (AvgIpc) is 3.26. The normalized spacial score (nSPS) is 21.3. The van der Waals surface area contributed by atoms with Gasteiger partial charge in [0.05, 0.1) is 6.61 Å². The molecule has 3 amide bonds. The third-order valence-corrected chi connectivity index (χ3v) is 6.19. The molecule has 3 heterocycles. The Morgan fingerprint density at radius 2 is 1.89 bits per heavy atom. The number of methoxy groups -OCH3 is 1. The van der Waals surface area contributed by atoms with Crippen LogP contribution in [0.1, 0.15) is 40.0 Å². The number of aryl methyl sites for hydroxylation is 1. The highest BCUT2D eigenvalue weighted by molar-refractivity contribution is 6.07. The molecule has 0 bridgehead atoms. The van der Waals surface area contributed by atoms with E-state index in [1.54, 1.807) is 18.2 Å². The van der Waals surface area contributed by atoms with Crippen LogP contribution in [0.3, 0.4) is 0 Å². The van der Waals surface area contributed by atoms with E-state index >= 15 is 0 Å². The summed E-state index contributed by atoms with van der Waals surface area (Å²) in [5, 5.41) is 4.26. The van der Waals surface area contributed by atoms with Gasteiger partial charge >= 0.3 is 6.03 Å². The number of amides is 3. The molecule has 3 rings (SSSR count). The van der Waals surface area contributed by atoms with E-state index in [0.717, 1.165) is 26.1 Å². The summed E-state index contributed by atoms with van der Waals surface area (Å²) in [4.78, 5) is 31.8. The van der Waals surface area contributed by atoms with Crippen LogP contribution in [0.2, 0.25) is 0 Å². The standard InChI is InChI=1S/C20H33N5O3/c1-16(2)25-18(26)20(24(19(25)27)14-15-28-4)7-12-22(13-8-20)17(3)6-11-23-10-5-9-21-23/h5,9-10,16-17H,6-8,11-15H2,1-4H3. The quantitative estimate of drug-likeness (QED) is 0.632. The summed E-state index contributed by atoms with van der Waals surface area (Å²) in [6.07, 6.45) is 6.14. The van der Waals surface area contributed by atoms with E-state index in [-0.39, 0.29) is 18.0 Å². The van der Waals surface area contributed by atoms with E-state index in [1.165, 1.54) is 4.90 Å². The molecular formula is C20H33N5O3. The lowest BCUT2D eigenvalue weighted by atomic mass is 9.85. The lowest BCUT2D eigenvalue weighted by molar-refractivity contribution is -0.137. The number of hydrogen-bond donors (Lipinski definition) is 0. The second-order valence-electron chi connectivity index (χ2n) is 8.17. The summed E-state index contributed by atoms with van der Waals surface area (Å²) in [7, 11) is 1.62. The second kappa shape index (κ2) is 8.61. The largest absolute Gasteiger partial charge is 0.383 e. The lowest BCUT2D eigenvalue weighted by Crippen LogP contribution is -2.58. The number of urea groups is 1. The molecule has 2 aliphatic rings. The van der Waals surface area contributed by atoms with E-state index in [9.17, 15) is 9.59 Å². The molecule has 0 radical (unpaired) electrons. The van der Waals surface area contributed by atoms with Crippen LogP contribution < -0.4 is 0 Å². The minimum absolute atomic E-state index is 0.0348.